The molecule has 1 N–H and O–H groups in total. The maximum absolute atomic E-state index is 12.0. The highest BCUT2D eigenvalue weighted by Gasteiger charge is 2.14. The number of Topliss-reactive ketones (excluding diaryl/α,β-unsaturated/α-hetero) is 1. The van der Waals surface area contributed by atoms with E-state index in [4.69, 9.17) is 0 Å². The van der Waals surface area contributed by atoms with Gasteiger partial charge in [-0.2, -0.15) is 0 Å². The molecule has 1 aromatic carbocycles. The van der Waals surface area contributed by atoms with Crippen LogP contribution in [0.15, 0.2) is 24.4 Å². The third-order valence-corrected chi connectivity index (χ3v) is 2.93. The van der Waals surface area contributed by atoms with Crippen molar-refractivity contribution in [1.82, 2.24) is 4.98 Å². The predicted molar refractivity (Wildman–Crippen MR) is 68.8 cm³/mol. The number of nitrogens with one attached hydrogen (secondary N) is 1. The monoisotopic (exact) mass is 246 g/mol. The Morgan fingerprint density at radius 1 is 1.44 bits per heavy atom. The number of H-pyrrole nitrogens is 1. The Labute approximate surface area is 104 Å². The average molecular weight is 246 g/mol. The fourth-order valence-electron chi connectivity index (χ4n) is 1.92. The Morgan fingerprint density at radius 3 is 2.89 bits per heavy atom. The van der Waals surface area contributed by atoms with Crippen molar-refractivity contribution in [2.24, 2.45) is 0 Å². The summed E-state index contributed by atoms with van der Waals surface area (Å²) in [7, 11) is 0. The molecule has 5 heteroatoms. The molecule has 1 aromatic heterocycles. The molecule has 18 heavy (non-hydrogen) atoms. The van der Waals surface area contributed by atoms with Gasteiger partial charge in [-0.3, -0.25) is 14.9 Å². The fraction of sp³-hybridized carbons (Fsp3) is 0.308. The van der Waals surface area contributed by atoms with Gasteiger partial charge in [0, 0.05) is 41.2 Å². The number of rotatable bonds is 5. The van der Waals surface area contributed by atoms with E-state index in [2.05, 4.69) is 4.98 Å². The van der Waals surface area contributed by atoms with Gasteiger partial charge in [0.15, 0.2) is 5.78 Å². The Balaban J connectivity index is 2.42. The number of carbonyl (C=O) groups excluding carboxylic acids is 1. The lowest BCUT2D eigenvalue weighted by Gasteiger charge is -1.98. The van der Waals surface area contributed by atoms with E-state index in [-0.39, 0.29) is 11.5 Å². The number of non-ortho nitro benzene ring substituents is 1. The largest absolute Gasteiger partial charge is 0.360 e. The van der Waals surface area contributed by atoms with Crippen LogP contribution in [0.25, 0.3) is 10.9 Å². The second kappa shape index (κ2) is 5.00. The zero-order valence-electron chi connectivity index (χ0n) is 10.1. The van der Waals surface area contributed by atoms with Gasteiger partial charge >= 0.3 is 0 Å². The Hall–Kier alpha value is -2.17. The summed E-state index contributed by atoms with van der Waals surface area (Å²) in [6.07, 6.45) is 3.90. The van der Waals surface area contributed by atoms with Gasteiger partial charge in [0.05, 0.1) is 4.92 Å². The third-order valence-electron chi connectivity index (χ3n) is 2.93. The van der Waals surface area contributed by atoms with Gasteiger partial charge in [-0.05, 0) is 12.5 Å². The highest BCUT2D eigenvalue weighted by molar-refractivity contribution is 6.08. The summed E-state index contributed by atoms with van der Waals surface area (Å²) < 4.78 is 0. The van der Waals surface area contributed by atoms with Crippen LogP contribution in [0.2, 0.25) is 0 Å². The van der Waals surface area contributed by atoms with Gasteiger partial charge in [-0.25, -0.2) is 0 Å². The van der Waals surface area contributed by atoms with E-state index in [0.29, 0.717) is 17.4 Å². The number of unbranched alkanes of at least 4 members (excludes halogenated alkanes) is 1. The van der Waals surface area contributed by atoms with Crippen molar-refractivity contribution in [1.29, 1.82) is 0 Å². The van der Waals surface area contributed by atoms with Crippen molar-refractivity contribution in [2.45, 2.75) is 26.2 Å². The zero-order chi connectivity index (χ0) is 13.1. The van der Waals surface area contributed by atoms with Crippen LogP contribution in [0, 0.1) is 10.1 Å². The van der Waals surface area contributed by atoms with Gasteiger partial charge in [-0.1, -0.05) is 13.3 Å². The molecule has 0 saturated heterocycles. The fourth-order valence-corrected chi connectivity index (χ4v) is 1.92. The van der Waals surface area contributed by atoms with E-state index in [1.165, 1.54) is 12.1 Å². The topological polar surface area (TPSA) is 76.0 Å². The summed E-state index contributed by atoms with van der Waals surface area (Å²) in [5.41, 5.74) is 1.30. The van der Waals surface area contributed by atoms with Crippen molar-refractivity contribution >= 4 is 22.4 Å². The lowest BCUT2D eigenvalue weighted by molar-refractivity contribution is -0.384. The predicted octanol–water partition coefficient (Wildman–Crippen LogP) is 3.45. The molecule has 0 bridgehead atoms. The minimum Gasteiger partial charge on any atom is -0.360 e. The van der Waals surface area contributed by atoms with Crippen LogP contribution in [0.5, 0.6) is 0 Å². The van der Waals surface area contributed by atoms with Crippen LogP contribution in [0.4, 0.5) is 5.69 Å². The molecular weight excluding hydrogens is 232 g/mol. The molecule has 5 nitrogen and oxygen atoms in total. The number of nitrogens with zero attached hydrogens (tertiary/aromatic N) is 1. The number of fused-ring (bicyclic) bond motifs is 1. The maximum atomic E-state index is 12.0. The molecule has 0 spiro atoms. The van der Waals surface area contributed by atoms with Gasteiger partial charge in [0.25, 0.3) is 5.69 Å². The van der Waals surface area contributed by atoms with Crippen LogP contribution in [-0.2, 0) is 0 Å². The summed E-state index contributed by atoms with van der Waals surface area (Å²) in [6, 6.07) is 4.51. The SMILES string of the molecule is CCCCC(=O)c1c[nH]c2ccc([N+](=O)[O-])cc12. The Morgan fingerprint density at radius 2 is 2.22 bits per heavy atom. The number of aromatic nitrogens is 1. The van der Waals surface area contributed by atoms with Crippen molar-refractivity contribution in [3.63, 3.8) is 0 Å². The number of nitro benzene ring substituents is 1. The molecule has 0 aliphatic heterocycles. The molecule has 2 rings (SSSR count). The first kappa shape index (κ1) is 12.3. The lowest BCUT2D eigenvalue weighted by atomic mass is 10.0. The van der Waals surface area contributed by atoms with E-state index >= 15 is 0 Å². The van der Waals surface area contributed by atoms with Crippen LogP contribution in [0.3, 0.4) is 0 Å². The van der Waals surface area contributed by atoms with Crippen molar-refractivity contribution < 1.29 is 9.72 Å². The molecule has 0 saturated carbocycles. The second-order valence-electron chi connectivity index (χ2n) is 4.22. The van der Waals surface area contributed by atoms with Crippen molar-refractivity contribution in [3.05, 3.63) is 40.1 Å². The average Bonchev–Trinajstić information content (AvgIpc) is 2.78. The van der Waals surface area contributed by atoms with Gasteiger partial charge < -0.3 is 4.98 Å². The van der Waals surface area contributed by atoms with Crippen LogP contribution in [0.1, 0.15) is 36.5 Å². The van der Waals surface area contributed by atoms with Gasteiger partial charge in [0.2, 0.25) is 0 Å². The molecule has 0 aliphatic rings. The van der Waals surface area contributed by atoms with E-state index in [1.54, 1.807) is 12.3 Å². The Kier molecular flexibility index (Phi) is 3.41. The molecule has 0 radical (unpaired) electrons. The van der Waals surface area contributed by atoms with Gasteiger partial charge in [-0.15, -0.1) is 0 Å². The molecule has 2 aromatic rings. The number of nitro groups is 1. The van der Waals surface area contributed by atoms with Crippen LogP contribution in [-0.4, -0.2) is 15.7 Å². The first-order valence-electron chi connectivity index (χ1n) is 5.92. The number of benzene rings is 1. The summed E-state index contributed by atoms with van der Waals surface area (Å²) in [4.78, 5) is 25.2. The van der Waals surface area contributed by atoms with Crippen LogP contribution >= 0.6 is 0 Å². The summed E-state index contributed by atoms with van der Waals surface area (Å²) in [6.45, 7) is 2.02. The van der Waals surface area contributed by atoms with E-state index < -0.39 is 4.92 Å². The van der Waals surface area contributed by atoms with Crippen molar-refractivity contribution in [3.8, 4) is 0 Å². The molecular formula is C13H14N2O3. The van der Waals surface area contributed by atoms with Gasteiger partial charge in [0.1, 0.15) is 0 Å². The standard InChI is InChI=1S/C13H14N2O3/c1-2-3-4-13(16)11-8-14-12-6-5-9(15(17)18)7-10(11)12/h5-8,14H,2-4H2,1H3. The summed E-state index contributed by atoms with van der Waals surface area (Å²) in [5, 5.41) is 11.4. The molecule has 94 valence electrons. The van der Waals surface area contributed by atoms with Crippen LogP contribution < -0.4 is 0 Å². The highest BCUT2D eigenvalue weighted by atomic mass is 16.6. The molecule has 0 amide bonds. The normalized spacial score (nSPS) is 10.7. The molecule has 0 unspecified atom stereocenters. The number of aromatic amines is 1. The smallest absolute Gasteiger partial charge is 0.270 e. The molecule has 1 heterocycles. The zero-order valence-corrected chi connectivity index (χ0v) is 10.1. The minimum atomic E-state index is -0.452. The third kappa shape index (κ3) is 2.25. The Bertz CT molecular complexity index is 601. The van der Waals surface area contributed by atoms with Crippen molar-refractivity contribution in [2.75, 3.05) is 0 Å². The number of hydrogen-bond acceptors (Lipinski definition) is 3. The highest BCUT2D eigenvalue weighted by Crippen LogP contribution is 2.24. The lowest BCUT2D eigenvalue weighted by Crippen LogP contribution is -1.97. The first-order valence-corrected chi connectivity index (χ1v) is 5.92. The van der Waals surface area contributed by atoms with E-state index in [9.17, 15) is 14.9 Å². The number of carbonyl (C=O) groups is 1. The van der Waals surface area contributed by atoms with E-state index in [1.807, 2.05) is 6.92 Å². The number of hydrogen-bond donors (Lipinski definition) is 1. The molecule has 0 atom stereocenters. The molecule has 0 aliphatic carbocycles. The molecule has 0 fully saturated rings. The summed E-state index contributed by atoms with van der Waals surface area (Å²) >= 11 is 0. The second-order valence-corrected chi connectivity index (χ2v) is 4.22. The summed E-state index contributed by atoms with van der Waals surface area (Å²) in [5.74, 6) is 0.0311. The first-order chi connectivity index (χ1) is 8.63. The number of ketones is 1. The minimum absolute atomic E-state index is 0.00615. The van der Waals surface area contributed by atoms with E-state index in [0.717, 1.165) is 18.4 Å². The maximum Gasteiger partial charge on any atom is 0.270 e. The quantitative estimate of drug-likeness (QED) is 0.498.